The van der Waals surface area contributed by atoms with E-state index < -0.39 is 0 Å². The minimum atomic E-state index is -0.236. The number of rotatable bonds is 6. The van der Waals surface area contributed by atoms with Gasteiger partial charge in [0.15, 0.2) is 6.61 Å². The van der Waals surface area contributed by atoms with Gasteiger partial charge in [-0.2, -0.15) is 0 Å². The molecule has 136 valence electrons. The fourth-order valence-corrected chi connectivity index (χ4v) is 3.26. The number of carbonyl (C=O) groups is 1. The summed E-state index contributed by atoms with van der Waals surface area (Å²) in [5, 5.41) is 6.65. The van der Waals surface area contributed by atoms with Crippen molar-refractivity contribution in [1.29, 1.82) is 0 Å². The van der Waals surface area contributed by atoms with Crippen molar-refractivity contribution in [3.8, 4) is 0 Å². The van der Waals surface area contributed by atoms with E-state index in [1.165, 1.54) is 24.9 Å². The molecule has 2 aromatic carbocycles. The molecule has 1 fully saturated rings. The molecule has 1 aliphatic heterocycles. The van der Waals surface area contributed by atoms with E-state index in [1.54, 1.807) is 6.21 Å². The maximum atomic E-state index is 11.9. The molecule has 0 saturated carbocycles. The van der Waals surface area contributed by atoms with Crippen LogP contribution < -0.4 is 10.2 Å². The highest BCUT2D eigenvalue weighted by atomic mass is 79.9. The molecule has 0 spiro atoms. The molecule has 1 amide bonds. The summed E-state index contributed by atoms with van der Waals surface area (Å²) >= 11 is 3.43. The molecule has 1 aliphatic rings. The molecular weight excluding hydrogens is 394 g/mol. The number of hydrogen-bond acceptors (Lipinski definition) is 4. The Morgan fingerprint density at radius 1 is 1.12 bits per heavy atom. The second-order valence-corrected chi connectivity index (χ2v) is 7.03. The maximum Gasteiger partial charge on any atom is 0.265 e. The van der Waals surface area contributed by atoms with Gasteiger partial charge in [0.05, 0.1) is 6.21 Å². The number of carbonyl (C=O) groups excluding carboxylic acids is 1. The topological polar surface area (TPSA) is 53.9 Å². The van der Waals surface area contributed by atoms with Crippen LogP contribution in [0.2, 0.25) is 0 Å². The Morgan fingerprint density at radius 2 is 1.85 bits per heavy atom. The van der Waals surface area contributed by atoms with Gasteiger partial charge in [0.1, 0.15) is 0 Å². The van der Waals surface area contributed by atoms with Crippen molar-refractivity contribution in [2.24, 2.45) is 5.16 Å². The number of nitrogens with zero attached hydrogens (tertiary/aromatic N) is 2. The van der Waals surface area contributed by atoms with Crippen LogP contribution in [-0.2, 0) is 9.63 Å². The van der Waals surface area contributed by atoms with Crippen LogP contribution in [0, 0.1) is 0 Å². The standard InChI is InChI=1S/C20H22BrN3O2/c21-19-7-3-2-6-16(19)14-22-26-15-20(25)23-17-8-10-18(11-9-17)24-12-4-1-5-13-24/h2-3,6-11,14H,1,4-5,12-13,15H2,(H,23,25)/b22-14-. The molecule has 0 aliphatic carbocycles. The van der Waals surface area contributed by atoms with Crippen LogP contribution in [-0.4, -0.2) is 31.8 Å². The Kier molecular flexibility index (Phi) is 6.66. The molecule has 5 nitrogen and oxygen atoms in total. The monoisotopic (exact) mass is 415 g/mol. The summed E-state index contributed by atoms with van der Waals surface area (Å²) in [6, 6.07) is 15.6. The van der Waals surface area contributed by atoms with Crippen molar-refractivity contribution in [1.82, 2.24) is 0 Å². The molecular formula is C20H22BrN3O2. The fraction of sp³-hybridized carbons (Fsp3) is 0.300. The van der Waals surface area contributed by atoms with E-state index in [4.69, 9.17) is 4.84 Å². The SMILES string of the molecule is O=C(CO/N=C\c1ccccc1Br)Nc1ccc(N2CCCCC2)cc1. The van der Waals surface area contributed by atoms with Gasteiger partial charge in [0, 0.05) is 34.5 Å². The first-order chi connectivity index (χ1) is 12.7. The molecule has 0 radical (unpaired) electrons. The van der Waals surface area contributed by atoms with Gasteiger partial charge in [0.25, 0.3) is 5.91 Å². The Labute approximate surface area is 162 Å². The second-order valence-electron chi connectivity index (χ2n) is 6.17. The largest absolute Gasteiger partial charge is 0.386 e. The summed E-state index contributed by atoms with van der Waals surface area (Å²) in [6.45, 7) is 2.08. The first kappa shape index (κ1) is 18.5. The van der Waals surface area contributed by atoms with Gasteiger partial charge in [-0.1, -0.05) is 39.3 Å². The van der Waals surface area contributed by atoms with E-state index in [0.29, 0.717) is 0 Å². The maximum absolute atomic E-state index is 11.9. The zero-order chi connectivity index (χ0) is 18.2. The predicted molar refractivity (Wildman–Crippen MR) is 109 cm³/mol. The number of nitrogens with one attached hydrogen (secondary N) is 1. The van der Waals surface area contributed by atoms with Crippen molar-refractivity contribution in [2.45, 2.75) is 19.3 Å². The predicted octanol–water partition coefficient (Wildman–Crippen LogP) is 4.43. The van der Waals surface area contributed by atoms with Crippen LogP contribution >= 0.6 is 15.9 Å². The third kappa shape index (κ3) is 5.33. The average molecular weight is 416 g/mol. The normalized spacial score (nSPS) is 14.4. The summed E-state index contributed by atoms with van der Waals surface area (Å²) in [6.07, 6.45) is 5.38. The first-order valence-corrected chi connectivity index (χ1v) is 9.56. The van der Waals surface area contributed by atoms with E-state index in [9.17, 15) is 4.79 Å². The number of anilines is 2. The van der Waals surface area contributed by atoms with Gasteiger partial charge in [-0.05, 0) is 49.6 Å². The van der Waals surface area contributed by atoms with Crippen LogP contribution in [0.25, 0.3) is 0 Å². The van der Waals surface area contributed by atoms with Gasteiger partial charge in [-0.3, -0.25) is 4.79 Å². The molecule has 6 heteroatoms. The third-order valence-electron chi connectivity index (χ3n) is 4.24. The quantitative estimate of drug-likeness (QED) is 0.560. The summed E-state index contributed by atoms with van der Waals surface area (Å²) in [5.74, 6) is -0.236. The van der Waals surface area contributed by atoms with Crippen molar-refractivity contribution in [3.05, 3.63) is 58.6 Å². The lowest BCUT2D eigenvalue weighted by Crippen LogP contribution is -2.29. The molecule has 1 heterocycles. The molecule has 1 saturated heterocycles. The number of benzene rings is 2. The minimum Gasteiger partial charge on any atom is -0.386 e. The lowest BCUT2D eigenvalue weighted by molar-refractivity contribution is -0.120. The van der Waals surface area contributed by atoms with Crippen molar-refractivity contribution in [3.63, 3.8) is 0 Å². The highest BCUT2D eigenvalue weighted by molar-refractivity contribution is 9.10. The van der Waals surface area contributed by atoms with Crippen LogP contribution in [0.5, 0.6) is 0 Å². The number of piperidine rings is 1. The first-order valence-electron chi connectivity index (χ1n) is 8.77. The zero-order valence-corrected chi connectivity index (χ0v) is 16.1. The summed E-state index contributed by atoms with van der Waals surface area (Å²) in [7, 11) is 0. The van der Waals surface area contributed by atoms with Crippen LogP contribution in [0.4, 0.5) is 11.4 Å². The highest BCUT2D eigenvalue weighted by Crippen LogP contribution is 2.21. The van der Waals surface area contributed by atoms with E-state index >= 15 is 0 Å². The molecule has 2 aromatic rings. The Balaban J connectivity index is 1.45. The summed E-state index contributed by atoms with van der Waals surface area (Å²) in [4.78, 5) is 19.4. The van der Waals surface area contributed by atoms with E-state index in [1.807, 2.05) is 48.5 Å². The van der Waals surface area contributed by atoms with Gasteiger partial charge >= 0.3 is 0 Å². The second kappa shape index (κ2) is 9.38. The lowest BCUT2D eigenvalue weighted by Gasteiger charge is -2.28. The molecule has 0 bridgehead atoms. The van der Waals surface area contributed by atoms with E-state index in [2.05, 4.69) is 31.3 Å². The average Bonchev–Trinajstić information content (AvgIpc) is 2.68. The molecule has 0 aromatic heterocycles. The van der Waals surface area contributed by atoms with Crippen molar-refractivity contribution < 1.29 is 9.63 Å². The Morgan fingerprint density at radius 3 is 2.58 bits per heavy atom. The summed E-state index contributed by atoms with van der Waals surface area (Å²) < 4.78 is 0.922. The number of hydrogen-bond donors (Lipinski definition) is 1. The van der Waals surface area contributed by atoms with Crippen molar-refractivity contribution >= 4 is 39.4 Å². The molecule has 0 atom stereocenters. The van der Waals surface area contributed by atoms with Gasteiger partial charge in [0.2, 0.25) is 0 Å². The summed E-state index contributed by atoms with van der Waals surface area (Å²) in [5.41, 5.74) is 2.85. The molecule has 3 rings (SSSR count). The fourth-order valence-electron chi connectivity index (χ4n) is 2.87. The third-order valence-corrected chi connectivity index (χ3v) is 4.96. The zero-order valence-electron chi connectivity index (χ0n) is 14.5. The smallest absolute Gasteiger partial charge is 0.265 e. The van der Waals surface area contributed by atoms with Crippen LogP contribution in [0.3, 0.4) is 0 Å². The highest BCUT2D eigenvalue weighted by Gasteiger charge is 2.11. The molecule has 0 unspecified atom stereocenters. The van der Waals surface area contributed by atoms with Crippen molar-refractivity contribution in [2.75, 3.05) is 29.9 Å². The van der Waals surface area contributed by atoms with E-state index in [-0.39, 0.29) is 12.5 Å². The number of oxime groups is 1. The van der Waals surface area contributed by atoms with Gasteiger partial charge in [-0.15, -0.1) is 0 Å². The Hall–Kier alpha value is -2.34. The van der Waals surface area contributed by atoms with Gasteiger partial charge < -0.3 is 15.1 Å². The van der Waals surface area contributed by atoms with E-state index in [0.717, 1.165) is 28.8 Å². The number of amides is 1. The number of halogens is 1. The Bertz CT molecular complexity index is 756. The minimum absolute atomic E-state index is 0.130. The van der Waals surface area contributed by atoms with Crippen LogP contribution in [0.15, 0.2) is 58.2 Å². The molecule has 1 N–H and O–H groups in total. The molecule has 26 heavy (non-hydrogen) atoms. The van der Waals surface area contributed by atoms with Gasteiger partial charge in [-0.25, -0.2) is 0 Å². The lowest BCUT2D eigenvalue weighted by atomic mass is 10.1. The van der Waals surface area contributed by atoms with Crippen LogP contribution in [0.1, 0.15) is 24.8 Å².